The van der Waals surface area contributed by atoms with E-state index in [-0.39, 0.29) is 24.9 Å². The van der Waals surface area contributed by atoms with Crippen molar-refractivity contribution in [3.05, 3.63) is 6.33 Å². The second-order valence-corrected chi connectivity index (χ2v) is 9.63. The average molecular weight is 474 g/mol. The molecule has 0 bridgehead atoms. The van der Waals surface area contributed by atoms with E-state index in [2.05, 4.69) is 24.8 Å². The number of alkyl halides is 1. The molecule has 1 aliphatic rings. The molecule has 2 aromatic rings. The summed E-state index contributed by atoms with van der Waals surface area (Å²) >= 11 is 5.17. The lowest BCUT2D eigenvalue weighted by Crippen LogP contribution is -2.32. The first-order chi connectivity index (χ1) is 14.5. The number of carbonyl (C=O) groups is 1. The smallest absolute Gasteiger partial charge is 0.440 e. The quantitative estimate of drug-likeness (QED) is 0.428. The number of nitrogens with one attached hydrogen (secondary N) is 1. The minimum Gasteiger partial charge on any atom is -0.468 e. The van der Waals surface area contributed by atoms with Crippen molar-refractivity contribution < 1.29 is 23.2 Å². The van der Waals surface area contributed by atoms with E-state index in [0.29, 0.717) is 17.0 Å². The molecule has 11 nitrogen and oxygen atoms in total. The van der Waals surface area contributed by atoms with Crippen LogP contribution in [-0.2, 0) is 30.6 Å². The number of nitrogens with zero attached hydrogens (tertiary/aromatic N) is 5. The molecular weight excluding hydrogens is 448 g/mol. The Morgan fingerprint density at radius 3 is 2.94 bits per heavy atom. The number of hydrogen-bond acceptors (Lipinski definition) is 10. The highest BCUT2D eigenvalue weighted by Crippen LogP contribution is 2.44. The topological polar surface area (TPSA) is 130 Å². The van der Waals surface area contributed by atoms with Gasteiger partial charge in [-0.2, -0.15) is 9.97 Å². The Labute approximate surface area is 185 Å². The number of anilines is 2. The van der Waals surface area contributed by atoms with E-state index >= 15 is 4.39 Å². The molecule has 0 saturated carbocycles. The van der Waals surface area contributed by atoms with Gasteiger partial charge in [-0.3, -0.25) is 9.36 Å². The van der Waals surface area contributed by atoms with Gasteiger partial charge in [-0.1, -0.05) is 12.0 Å². The third-order valence-electron chi connectivity index (χ3n) is 4.81. The zero-order chi connectivity index (χ0) is 22.9. The predicted octanol–water partition coefficient (Wildman–Crippen LogP) is 1.64. The lowest BCUT2D eigenvalue weighted by Gasteiger charge is -2.20. The maximum atomic E-state index is 15.4. The molecule has 1 unspecified atom stereocenters. The number of methoxy groups -OCH3 is 1. The van der Waals surface area contributed by atoms with E-state index < -0.39 is 31.2 Å². The Hall–Kier alpha value is -2.05. The van der Waals surface area contributed by atoms with Gasteiger partial charge in [0, 0.05) is 26.4 Å². The van der Waals surface area contributed by atoms with E-state index in [4.69, 9.17) is 26.8 Å². The minimum atomic E-state index is -2.06. The first kappa shape index (κ1) is 23.6. The Kier molecular flexibility index (Phi) is 7.01. The number of halogens is 1. The van der Waals surface area contributed by atoms with Crippen LogP contribution in [-0.4, -0.2) is 65.2 Å². The monoisotopic (exact) mass is 474 g/mol. The SMILES string of the molecule is COC(=O)[C@H](C)N[P+](=S)OC[C@]1(F)C[C@H](C)[C@H](n2cnc3c(N(C)C)nc(N)nc32)O1. The normalized spacial score (nSPS) is 24.9. The maximum absolute atomic E-state index is 15.4. The summed E-state index contributed by atoms with van der Waals surface area (Å²) in [6, 6.07) is -0.659. The summed E-state index contributed by atoms with van der Waals surface area (Å²) in [5.74, 6) is -2.10. The van der Waals surface area contributed by atoms with Crippen LogP contribution in [0.15, 0.2) is 6.33 Å². The maximum Gasteiger partial charge on any atom is 0.440 e. The summed E-state index contributed by atoms with van der Waals surface area (Å²) in [5.41, 5.74) is 6.85. The van der Waals surface area contributed by atoms with Gasteiger partial charge in [-0.15, -0.1) is 4.52 Å². The molecule has 3 heterocycles. The van der Waals surface area contributed by atoms with Gasteiger partial charge in [-0.25, -0.2) is 9.37 Å². The van der Waals surface area contributed by atoms with Crippen LogP contribution in [0.1, 0.15) is 26.5 Å². The molecule has 1 aliphatic heterocycles. The fourth-order valence-corrected chi connectivity index (χ4v) is 4.82. The van der Waals surface area contributed by atoms with Gasteiger partial charge in [0.2, 0.25) is 23.6 Å². The molecule has 1 fully saturated rings. The third-order valence-corrected chi connectivity index (χ3v) is 6.41. The molecule has 0 spiro atoms. The van der Waals surface area contributed by atoms with Crippen LogP contribution < -0.4 is 15.7 Å². The van der Waals surface area contributed by atoms with Crippen molar-refractivity contribution in [2.24, 2.45) is 5.92 Å². The number of ether oxygens (including phenoxy) is 2. The van der Waals surface area contributed by atoms with Crippen LogP contribution in [0.3, 0.4) is 0 Å². The predicted molar refractivity (Wildman–Crippen MR) is 117 cm³/mol. The van der Waals surface area contributed by atoms with Crippen molar-refractivity contribution in [1.82, 2.24) is 24.6 Å². The molecule has 1 saturated heterocycles. The molecule has 2 aromatic heterocycles. The number of aromatic nitrogens is 4. The standard InChI is InChI=1S/C17H26FN7O4PS/c1-9-6-17(18,7-28-30(31)23-10(2)15(26)27-5)29-14(9)25-8-20-11-12(24(3)4)21-16(19)22-13(11)25/h8-10,14H,6-7H2,1-5H3,(H,23,31)(H2,19,21,22)/q+1/t9-,10-,14+,17-/m0/s1. The largest absolute Gasteiger partial charge is 0.468 e. The number of rotatable bonds is 8. The summed E-state index contributed by atoms with van der Waals surface area (Å²) in [6.45, 7) is 3.08. The van der Waals surface area contributed by atoms with Gasteiger partial charge in [0.05, 0.1) is 13.4 Å². The zero-order valence-electron chi connectivity index (χ0n) is 17.9. The molecule has 5 atom stereocenters. The van der Waals surface area contributed by atoms with E-state index in [1.807, 2.05) is 21.0 Å². The number of fused-ring (bicyclic) bond motifs is 1. The van der Waals surface area contributed by atoms with Crippen LogP contribution in [0.25, 0.3) is 11.2 Å². The van der Waals surface area contributed by atoms with Crippen molar-refractivity contribution in [3.63, 3.8) is 0 Å². The van der Waals surface area contributed by atoms with Crippen LogP contribution in [0.4, 0.5) is 16.2 Å². The average Bonchev–Trinajstić information content (AvgIpc) is 3.25. The molecule has 0 aliphatic carbocycles. The number of carbonyl (C=O) groups excluding carboxylic acids is 1. The lowest BCUT2D eigenvalue weighted by atomic mass is 10.1. The molecule has 14 heteroatoms. The first-order valence-electron chi connectivity index (χ1n) is 9.53. The number of hydrogen-bond donors (Lipinski definition) is 2. The molecular formula is C17H26FN7O4PS+. The Morgan fingerprint density at radius 2 is 2.29 bits per heavy atom. The first-order valence-corrected chi connectivity index (χ1v) is 11.8. The second kappa shape index (κ2) is 9.21. The lowest BCUT2D eigenvalue weighted by molar-refractivity contribution is -0.171. The summed E-state index contributed by atoms with van der Waals surface area (Å²) in [6.07, 6.45) is 0.962. The molecule has 3 N–H and O–H groups in total. The van der Waals surface area contributed by atoms with Crippen molar-refractivity contribution in [1.29, 1.82) is 0 Å². The number of nitrogen functional groups attached to an aromatic ring is 1. The Bertz CT molecular complexity index is 993. The van der Waals surface area contributed by atoms with E-state index in [0.717, 1.165) is 0 Å². The van der Waals surface area contributed by atoms with E-state index in [9.17, 15) is 4.79 Å². The summed E-state index contributed by atoms with van der Waals surface area (Å²) < 4.78 is 32.9. The molecule has 3 rings (SSSR count). The van der Waals surface area contributed by atoms with Crippen LogP contribution in [0.5, 0.6) is 0 Å². The Morgan fingerprint density at radius 1 is 1.58 bits per heavy atom. The molecule has 0 amide bonds. The molecule has 170 valence electrons. The van der Waals surface area contributed by atoms with E-state index in [1.54, 1.807) is 22.7 Å². The van der Waals surface area contributed by atoms with Gasteiger partial charge in [0.15, 0.2) is 23.6 Å². The summed E-state index contributed by atoms with van der Waals surface area (Å²) in [4.78, 5) is 26.1. The number of imidazole rings is 1. The van der Waals surface area contributed by atoms with Crippen molar-refractivity contribution >= 4 is 47.8 Å². The number of esters is 1. The second-order valence-electron chi connectivity index (χ2n) is 7.60. The Balaban J connectivity index is 1.73. The van der Waals surface area contributed by atoms with Crippen LogP contribution in [0, 0.1) is 5.92 Å². The van der Waals surface area contributed by atoms with Crippen LogP contribution >= 0.6 is 7.07 Å². The molecule has 0 radical (unpaired) electrons. The molecule has 0 aromatic carbocycles. The zero-order valence-corrected chi connectivity index (χ0v) is 19.6. The van der Waals surface area contributed by atoms with Gasteiger partial charge in [0.25, 0.3) is 0 Å². The fraction of sp³-hybridized carbons (Fsp3) is 0.647. The third kappa shape index (κ3) is 5.07. The number of nitrogens with two attached hydrogens (primary N) is 1. The van der Waals surface area contributed by atoms with Gasteiger partial charge in [0.1, 0.15) is 12.3 Å². The van der Waals surface area contributed by atoms with Crippen molar-refractivity contribution in [2.45, 2.75) is 38.4 Å². The van der Waals surface area contributed by atoms with E-state index in [1.165, 1.54) is 7.11 Å². The summed E-state index contributed by atoms with van der Waals surface area (Å²) in [7, 11) is 3.24. The van der Waals surface area contributed by atoms with Crippen molar-refractivity contribution in [2.75, 3.05) is 38.4 Å². The highest BCUT2D eigenvalue weighted by atomic mass is 32.4. The van der Waals surface area contributed by atoms with Crippen molar-refractivity contribution in [3.8, 4) is 0 Å². The fourth-order valence-electron chi connectivity index (χ4n) is 3.38. The highest BCUT2D eigenvalue weighted by Gasteiger charge is 2.48. The molecule has 31 heavy (non-hydrogen) atoms. The van der Waals surface area contributed by atoms with Crippen LogP contribution in [0.2, 0.25) is 0 Å². The highest BCUT2D eigenvalue weighted by molar-refractivity contribution is 8.02. The van der Waals surface area contributed by atoms with Gasteiger partial charge < -0.3 is 20.1 Å². The van der Waals surface area contributed by atoms with Gasteiger partial charge in [-0.05, 0) is 6.92 Å². The minimum absolute atomic E-state index is 0.0843. The summed E-state index contributed by atoms with van der Waals surface area (Å²) in [5, 5.41) is 2.78. The van der Waals surface area contributed by atoms with Gasteiger partial charge >= 0.3 is 13.0 Å².